The van der Waals surface area contributed by atoms with E-state index < -0.39 is 0 Å². The highest BCUT2D eigenvalue weighted by atomic mass is 16.5. The van der Waals surface area contributed by atoms with Gasteiger partial charge in [-0.15, -0.1) is 0 Å². The zero-order valence-corrected chi connectivity index (χ0v) is 11.4. The van der Waals surface area contributed by atoms with Gasteiger partial charge in [-0.05, 0) is 45.3 Å². The molecule has 0 amide bonds. The van der Waals surface area contributed by atoms with Crippen LogP contribution in [0.1, 0.15) is 17.3 Å². The number of nitrogens with one attached hydrogen (secondary N) is 1. The summed E-state index contributed by atoms with van der Waals surface area (Å²) >= 11 is 0. The molecule has 0 saturated heterocycles. The van der Waals surface area contributed by atoms with E-state index in [1.807, 2.05) is 50.2 Å². The van der Waals surface area contributed by atoms with Gasteiger partial charge in [0.1, 0.15) is 5.75 Å². The number of hydrogen-bond acceptors (Lipinski definition) is 4. The van der Waals surface area contributed by atoms with Gasteiger partial charge in [0.05, 0.1) is 13.2 Å². The zero-order chi connectivity index (χ0) is 13.4. The number of carbonyl (C=O) groups excluding carboxylic acids is 1. The maximum Gasteiger partial charge on any atom is 0.176 e. The summed E-state index contributed by atoms with van der Waals surface area (Å²) in [4.78, 5) is 14.0. The molecule has 0 saturated carbocycles. The molecule has 0 aliphatic carbocycles. The molecular formula is C14H22N2O2. The van der Waals surface area contributed by atoms with Crippen LogP contribution in [0.2, 0.25) is 0 Å². The minimum Gasteiger partial charge on any atom is -0.494 e. The molecule has 0 aromatic heterocycles. The lowest BCUT2D eigenvalue weighted by molar-refractivity contribution is 0.0947. The van der Waals surface area contributed by atoms with Crippen molar-refractivity contribution in [3.63, 3.8) is 0 Å². The van der Waals surface area contributed by atoms with Crippen LogP contribution in [0.5, 0.6) is 5.75 Å². The van der Waals surface area contributed by atoms with Gasteiger partial charge in [0.15, 0.2) is 5.78 Å². The molecular weight excluding hydrogens is 228 g/mol. The number of likely N-dealkylation sites (N-methyl/N-ethyl adjacent to an activating group) is 2. The van der Waals surface area contributed by atoms with Gasteiger partial charge in [0.25, 0.3) is 0 Å². The van der Waals surface area contributed by atoms with Gasteiger partial charge >= 0.3 is 0 Å². The van der Waals surface area contributed by atoms with E-state index >= 15 is 0 Å². The number of nitrogens with zero attached hydrogens (tertiary/aromatic N) is 1. The van der Waals surface area contributed by atoms with Crippen LogP contribution >= 0.6 is 0 Å². The molecule has 0 atom stereocenters. The van der Waals surface area contributed by atoms with Crippen LogP contribution in [0, 0.1) is 0 Å². The molecule has 0 radical (unpaired) electrons. The first-order valence-corrected chi connectivity index (χ1v) is 6.26. The number of ketones is 1. The van der Waals surface area contributed by atoms with Crippen molar-refractivity contribution in [1.82, 2.24) is 10.2 Å². The predicted octanol–water partition coefficient (Wildman–Crippen LogP) is 1.42. The second kappa shape index (κ2) is 7.84. The molecule has 0 aliphatic heterocycles. The Morgan fingerprint density at radius 2 is 2.00 bits per heavy atom. The SMILES string of the molecule is CCOc1ccc(C(=O)CN(C)CCNC)cc1. The van der Waals surface area contributed by atoms with Crippen LogP contribution in [0.3, 0.4) is 0 Å². The van der Waals surface area contributed by atoms with Crippen LogP contribution in [0.4, 0.5) is 0 Å². The monoisotopic (exact) mass is 250 g/mol. The molecule has 0 bridgehead atoms. The molecule has 0 heterocycles. The first kappa shape index (κ1) is 14.7. The van der Waals surface area contributed by atoms with Crippen LogP contribution in [0.15, 0.2) is 24.3 Å². The summed E-state index contributed by atoms with van der Waals surface area (Å²) in [6.07, 6.45) is 0. The standard InChI is InChI=1S/C14H22N2O2/c1-4-18-13-7-5-12(6-8-13)14(17)11-16(3)10-9-15-2/h5-8,15H,4,9-11H2,1-3H3. The average Bonchev–Trinajstić information content (AvgIpc) is 2.37. The fourth-order valence-corrected chi connectivity index (χ4v) is 1.62. The minimum absolute atomic E-state index is 0.136. The molecule has 1 aromatic carbocycles. The summed E-state index contributed by atoms with van der Waals surface area (Å²) < 4.78 is 5.34. The van der Waals surface area contributed by atoms with Gasteiger partial charge < -0.3 is 10.1 Å². The topological polar surface area (TPSA) is 41.6 Å². The number of benzene rings is 1. The second-order valence-electron chi connectivity index (χ2n) is 4.22. The maximum absolute atomic E-state index is 12.0. The summed E-state index contributed by atoms with van der Waals surface area (Å²) in [7, 11) is 3.85. The molecule has 1 N–H and O–H groups in total. The lowest BCUT2D eigenvalue weighted by Gasteiger charge is -2.15. The van der Waals surface area contributed by atoms with Gasteiger partial charge in [-0.3, -0.25) is 9.69 Å². The summed E-state index contributed by atoms with van der Waals surface area (Å²) in [6.45, 7) is 4.76. The van der Waals surface area contributed by atoms with Crippen molar-refractivity contribution in [2.45, 2.75) is 6.92 Å². The Labute approximate surface area is 109 Å². The smallest absolute Gasteiger partial charge is 0.176 e. The Bertz CT molecular complexity index is 363. The Morgan fingerprint density at radius 1 is 1.33 bits per heavy atom. The van der Waals surface area contributed by atoms with Crippen molar-refractivity contribution in [2.75, 3.05) is 40.3 Å². The molecule has 0 spiro atoms. The minimum atomic E-state index is 0.136. The maximum atomic E-state index is 12.0. The normalized spacial score (nSPS) is 10.7. The fourth-order valence-electron chi connectivity index (χ4n) is 1.62. The molecule has 4 nitrogen and oxygen atoms in total. The van der Waals surface area contributed by atoms with Crippen molar-refractivity contribution >= 4 is 5.78 Å². The van der Waals surface area contributed by atoms with E-state index in [0.717, 1.165) is 24.4 Å². The van der Waals surface area contributed by atoms with Crippen molar-refractivity contribution in [3.8, 4) is 5.75 Å². The Kier molecular flexibility index (Phi) is 6.39. The van der Waals surface area contributed by atoms with E-state index in [9.17, 15) is 4.79 Å². The Morgan fingerprint density at radius 3 is 2.56 bits per heavy atom. The Balaban J connectivity index is 2.50. The van der Waals surface area contributed by atoms with Crippen molar-refractivity contribution in [3.05, 3.63) is 29.8 Å². The van der Waals surface area contributed by atoms with Gasteiger partial charge in [-0.1, -0.05) is 0 Å². The van der Waals surface area contributed by atoms with Gasteiger partial charge in [-0.25, -0.2) is 0 Å². The van der Waals surface area contributed by atoms with Crippen LogP contribution in [-0.2, 0) is 0 Å². The highest BCUT2D eigenvalue weighted by Crippen LogP contribution is 2.12. The second-order valence-corrected chi connectivity index (χ2v) is 4.22. The van der Waals surface area contributed by atoms with Crippen LogP contribution in [0.25, 0.3) is 0 Å². The molecule has 0 unspecified atom stereocenters. The third kappa shape index (κ3) is 4.85. The van der Waals surface area contributed by atoms with E-state index in [4.69, 9.17) is 4.74 Å². The summed E-state index contributed by atoms with van der Waals surface area (Å²) in [5.41, 5.74) is 0.731. The largest absolute Gasteiger partial charge is 0.494 e. The van der Waals surface area contributed by atoms with E-state index in [2.05, 4.69) is 5.32 Å². The van der Waals surface area contributed by atoms with Crippen molar-refractivity contribution < 1.29 is 9.53 Å². The molecule has 0 fully saturated rings. The van der Waals surface area contributed by atoms with E-state index in [0.29, 0.717) is 13.2 Å². The first-order valence-electron chi connectivity index (χ1n) is 6.26. The summed E-state index contributed by atoms with van der Waals surface area (Å²) in [6, 6.07) is 7.31. The zero-order valence-electron chi connectivity index (χ0n) is 11.4. The third-order valence-electron chi connectivity index (χ3n) is 2.64. The van der Waals surface area contributed by atoms with Gasteiger partial charge in [-0.2, -0.15) is 0 Å². The molecule has 0 aliphatic rings. The molecule has 18 heavy (non-hydrogen) atoms. The van der Waals surface area contributed by atoms with Gasteiger partial charge in [0, 0.05) is 18.7 Å². The Hall–Kier alpha value is -1.39. The number of Topliss-reactive ketones (excluding diaryl/α,β-unsaturated/α-hetero) is 1. The van der Waals surface area contributed by atoms with Crippen LogP contribution in [-0.4, -0.2) is 51.0 Å². The van der Waals surface area contributed by atoms with Gasteiger partial charge in [0.2, 0.25) is 0 Å². The number of hydrogen-bond donors (Lipinski definition) is 1. The highest BCUT2D eigenvalue weighted by Gasteiger charge is 2.09. The molecule has 1 aromatic rings. The number of carbonyl (C=O) groups is 1. The van der Waals surface area contributed by atoms with E-state index in [-0.39, 0.29) is 5.78 Å². The van der Waals surface area contributed by atoms with E-state index in [1.165, 1.54) is 0 Å². The summed E-state index contributed by atoms with van der Waals surface area (Å²) in [5, 5.41) is 3.06. The third-order valence-corrected chi connectivity index (χ3v) is 2.64. The number of ether oxygens (including phenoxy) is 1. The highest BCUT2D eigenvalue weighted by molar-refractivity contribution is 5.97. The first-order chi connectivity index (χ1) is 8.67. The van der Waals surface area contributed by atoms with Crippen molar-refractivity contribution in [1.29, 1.82) is 0 Å². The average molecular weight is 250 g/mol. The number of rotatable bonds is 8. The fraction of sp³-hybridized carbons (Fsp3) is 0.500. The van der Waals surface area contributed by atoms with Crippen LogP contribution < -0.4 is 10.1 Å². The molecule has 1 rings (SSSR count). The molecule has 4 heteroatoms. The predicted molar refractivity (Wildman–Crippen MR) is 73.4 cm³/mol. The van der Waals surface area contributed by atoms with Crippen molar-refractivity contribution in [2.24, 2.45) is 0 Å². The summed E-state index contributed by atoms with van der Waals surface area (Å²) in [5.74, 6) is 0.939. The van der Waals surface area contributed by atoms with E-state index in [1.54, 1.807) is 0 Å². The quantitative estimate of drug-likeness (QED) is 0.709. The lowest BCUT2D eigenvalue weighted by atomic mass is 10.1. The lowest BCUT2D eigenvalue weighted by Crippen LogP contribution is -2.31. The molecule has 100 valence electrons.